The molecule has 44 heavy (non-hydrogen) atoms. The Morgan fingerprint density at radius 3 is 2.18 bits per heavy atom. The van der Waals surface area contributed by atoms with E-state index >= 15 is 0 Å². The van der Waals surface area contributed by atoms with E-state index < -0.39 is 28.5 Å². The van der Waals surface area contributed by atoms with Crippen LogP contribution in [0.5, 0.6) is 5.75 Å². The number of anilines is 1. The lowest BCUT2D eigenvalue weighted by atomic mass is 10.1. The van der Waals surface area contributed by atoms with Crippen LogP contribution >= 0.6 is 34.8 Å². The molecule has 8 nitrogen and oxygen atoms in total. The van der Waals surface area contributed by atoms with Crippen molar-refractivity contribution in [1.82, 2.24) is 10.2 Å². The zero-order valence-corrected chi connectivity index (χ0v) is 27.7. The molecule has 1 aliphatic carbocycles. The maximum Gasteiger partial charge on any atom is 0.264 e. The lowest BCUT2D eigenvalue weighted by Crippen LogP contribution is -2.53. The third kappa shape index (κ3) is 7.99. The molecule has 1 fully saturated rings. The maximum absolute atomic E-state index is 14.4. The summed E-state index contributed by atoms with van der Waals surface area (Å²) >= 11 is 19.1. The third-order valence-corrected chi connectivity index (χ3v) is 10.3. The molecule has 236 valence electrons. The van der Waals surface area contributed by atoms with Crippen molar-refractivity contribution in [1.29, 1.82) is 0 Å². The molecule has 3 aromatic rings. The Labute approximate surface area is 274 Å². The zero-order chi connectivity index (χ0) is 31.9. The van der Waals surface area contributed by atoms with Crippen molar-refractivity contribution in [2.75, 3.05) is 17.5 Å². The number of halogens is 3. The molecule has 0 unspecified atom stereocenters. The van der Waals surface area contributed by atoms with Gasteiger partial charge in [0.25, 0.3) is 10.0 Å². The van der Waals surface area contributed by atoms with Crippen LogP contribution in [0.2, 0.25) is 15.1 Å². The summed E-state index contributed by atoms with van der Waals surface area (Å²) in [4.78, 5) is 29.3. The van der Waals surface area contributed by atoms with E-state index in [4.69, 9.17) is 39.5 Å². The molecule has 4 rings (SSSR count). The number of ether oxygens (including phenoxy) is 1. The number of para-hydroxylation sites is 2. The summed E-state index contributed by atoms with van der Waals surface area (Å²) in [5.41, 5.74) is 0.634. The SMILES string of the molecule is CCOc1ccccc1N(CC(=O)N(Cc1c(Cl)cccc1Cl)[C@@H](CC)C(=O)NC1CCCC1)S(=O)(=O)c1ccc(Cl)cc1. The van der Waals surface area contributed by atoms with Gasteiger partial charge in [-0.25, -0.2) is 8.42 Å². The van der Waals surface area contributed by atoms with Gasteiger partial charge in [0, 0.05) is 33.2 Å². The van der Waals surface area contributed by atoms with Crippen molar-refractivity contribution in [2.24, 2.45) is 0 Å². The van der Waals surface area contributed by atoms with Gasteiger partial charge >= 0.3 is 0 Å². The monoisotopic (exact) mass is 679 g/mol. The molecular formula is C32H36Cl3N3O5S. The van der Waals surface area contributed by atoms with Crippen LogP contribution in [-0.2, 0) is 26.2 Å². The van der Waals surface area contributed by atoms with E-state index in [1.807, 2.05) is 0 Å². The number of benzene rings is 3. The Hall–Kier alpha value is -2.98. The van der Waals surface area contributed by atoms with Crippen LogP contribution < -0.4 is 14.4 Å². The van der Waals surface area contributed by atoms with E-state index in [0.29, 0.717) is 20.6 Å². The van der Waals surface area contributed by atoms with E-state index in [1.54, 1.807) is 56.3 Å². The first-order valence-electron chi connectivity index (χ1n) is 14.6. The number of hydrogen-bond acceptors (Lipinski definition) is 5. The first-order chi connectivity index (χ1) is 21.1. The molecule has 0 aliphatic heterocycles. The molecule has 12 heteroatoms. The lowest BCUT2D eigenvalue weighted by Gasteiger charge is -2.34. The second-order valence-electron chi connectivity index (χ2n) is 10.5. The molecular weight excluding hydrogens is 645 g/mol. The molecule has 0 spiro atoms. The molecule has 1 atom stereocenters. The first kappa shape index (κ1) is 33.9. The van der Waals surface area contributed by atoms with E-state index in [0.717, 1.165) is 30.0 Å². The fourth-order valence-corrected chi connectivity index (χ4v) is 7.40. The molecule has 3 aromatic carbocycles. The van der Waals surface area contributed by atoms with Crippen molar-refractivity contribution in [3.8, 4) is 5.75 Å². The number of amides is 2. The van der Waals surface area contributed by atoms with E-state index in [-0.39, 0.29) is 47.9 Å². The van der Waals surface area contributed by atoms with E-state index in [2.05, 4.69) is 5.32 Å². The largest absolute Gasteiger partial charge is 0.492 e. The van der Waals surface area contributed by atoms with Gasteiger partial charge in [-0.15, -0.1) is 0 Å². The minimum absolute atomic E-state index is 0.0252. The summed E-state index contributed by atoms with van der Waals surface area (Å²) in [6.07, 6.45) is 4.07. The van der Waals surface area contributed by atoms with Crippen LogP contribution in [0, 0.1) is 0 Å². The van der Waals surface area contributed by atoms with Gasteiger partial charge in [-0.2, -0.15) is 0 Å². The highest BCUT2D eigenvalue weighted by atomic mass is 35.5. The number of rotatable bonds is 13. The summed E-state index contributed by atoms with van der Waals surface area (Å²) in [5.74, 6) is -0.636. The summed E-state index contributed by atoms with van der Waals surface area (Å²) < 4.78 is 35.1. The van der Waals surface area contributed by atoms with Crippen molar-refractivity contribution in [3.63, 3.8) is 0 Å². The number of nitrogens with one attached hydrogen (secondary N) is 1. The predicted octanol–water partition coefficient (Wildman–Crippen LogP) is 7.11. The van der Waals surface area contributed by atoms with Crippen LogP contribution in [0.4, 0.5) is 5.69 Å². The molecule has 1 aliphatic rings. The molecule has 1 saturated carbocycles. The average molecular weight is 681 g/mol. The lowest BCUT2D eigenvalue weighted by molar-refractivity contribution is -0.140. The Morgan fingerprint density at radius 2 is 1.57 bits per heavy atom. The van der Waals surface area contributed by atoms with Gasteiger partial charge in [-0.1, -0.05) is 72.8 Å². The van der Waals surface area contributed by atoms with Gasteiger partial charge in [-0.3, -0.25) is 13.9 Å². The van der Waals surface area contributed by atoms with Gasteiger partial charge in [0.15, 0.2) is 0 Å². The zero-order valence-electron chi connectivity index (χ0n) is 24.6. The fourth-order valence-electron chi connectivity index (χ4n) is 5.33. The quantitative estimate of drug-likeness (QED) is 0.208. The standard InChI is InChI=1S/C32H36Cl3N3O5S/c1-3-28(32(40)36-23-10-5-6-11-23)37(20-25-26(34)12-9-13-27(25)35)31(39)21-38(29-14-7-8-15-30(29)43-4-2)44(41,42)24-18-16-22(33)17-19-24/h7-9,12-19,23,28H,3-6,10-11,20-21H2,1-2H3,(H,36,40)/t28-/m0/s1. The Balaban J connectivity index is 1.78. The highest BCUT2D eigenvalue weighted by Gasteiger charge is 2.36. The van der Waals surface area contributed by atoms with Gasteiger partial charge in [0.2, 0.25) is 11.8 Å². The molecule has 0 heterocycles. The van der Waals surface area contributed by atoms with Gasteiger partial charge in [0.05, 0.1) is 17.2 Å². The van der Waals surface area contributed by atoms with Crippen LogP contribution in [0.3, 0.4) is 0 Å². The smallest absolute Gasteiger partial charge is 0.264 e. The van der Waals surface area contributed by atoms with Crippen LogP contribution in [0.25, 0.3) is 0 Å². The predicted molar refractivity (Wildman–Crippen MR) is 175 cm³/mol. The molecule has 0 radical (unpaired) electrons. The Morgan fingerprint density at radius 1 is 0.932 bits per heavy atom. The molecule has 2 amide bonds. The van der Waals surface area contributed by atoms with E-state index in [9.17, 15) is 18.0 Å². The number of sulfonamides is 1. The van der Waals surface area contributed by atoms with Crippen molar-refractivity contribution < 1.29 is 22.7 Å². The van der Waals surface area contributed by atoms with Crippen molar-refractivity contribution >= 4 is 62.3 Å². The average Bonchev–Trinajstić information content (AvgIpc) is 3.51. The number of carbonyl (C=O) groups excluding carboxylic acids is 2. The molecule has 1 N–H and O–H groups in total. The minimum atomic E-state index is -4.31. The van der Waals surface area contributed by atoms with Gasteiger partial charge < -0.3 is 15.0 Å². The van der Waals surface area contributed by atoms with E-state index in [1.165, 1.54) is 29.2 Å². The highest BCUT2D eigenvalue weighted by Crippen LogP contribution is 2.34. The Kier molecular flexibility index (Phi) is 11.8. The van der Waals surface area contributed by atoms with Crippen LogP contribution in [-0.4, -0.2) is 50.4 Å². The first-order valence-corrected chi connectivity index (χ1v) is 17.2. The second kappa shape index (κ2) is 15.3. The fraction of sp³-hybridized carbons (Fsp3) is 0.375. The maximum atomic E-state index is 14.4. The third-order valence-electron chi connectivity index (χ3n) is 7.59. The Bertz CT molecular complexity index is 1540. The number of carbonyl (C=O) groups is 2. The topological polar surface area (TPSA) is 96.0 Å². The summed E-state index contributed by atoms with van der Waals surface area (Å²) in [6, 6.07) is 16.4. The summed E-state index contributed by atoms with van der Waals surface area (Å²) in [7, 11) is -4.31. The normalized spacial score (nSPS) is 14.2. The van der Waals surface area contributed by atoms with Gasteiger partial charge in [0.1, 0.15) is 18.3 Å². The number of hydrogen-bond donors (Lipinski definition) is 1. The molecule has 0 aromatic heterocycles. The van der Waals surface area contributed by atoms with Crippen molar-refractivity contribution in [2.45, 2.75) is 69.5 Å². The molecule has 0 saturated heterocycles. The number of nitrogens with zero attached hydrogens (tertiary/aromatic N) is 2. The van der Waals surface area contributed by atoms with Gasteiger partial charge in [-0.05, 0) is 74.7 Å². The van der Waals surface area contributed by atoms with Crippen LogP contribution in [0.15, 0.2) is 71.6 Å². The molecule has 0 bridgehead atoms. The van der Waals surface area contributed by atoms with Crippen molar-refractivity contribution in [3.05, 3.63) is 87.4 Å². The van der Waals surface area contributed by atoms with Crippen LogP contribution in [0.1, 0.15) is 51.5 Å². The second-order valence-corrected chi connectivity index (χ2v) is 13.6. The summed E-state index contributed by atoms with van der Waals surface area (Å²) in [6.45, 7) is 3.14. The summed E-state index contributed by atoms with van der Waals surface area (Å²) in [5, 5.41) is 4.11. The minimum Gasteiger partial charge on any atom is -0.492 e. The highest BCUT2D eigenvalue weighted by molar-refractivity contribution is 7.92.